The minimum Gasteiger partial charge on any atom is -0.463 e. The normalized spacial score (nSPS) is 33.5. The monoisotopic (exact) mass is 917 g/mol. The van der Waals surface area contributed by atoms with E-state index in [1.165, 1.54) is 77.0 Å². The molecule has 14 nitrogen and oxygen atoms in total. The van der Waals surface area contributed by atoms with E-state index in [0.717, 1.165) is 63.2 Å². The number of unbranched alkanes of at least 4 members (excludes halogenated alkanes) is 18. The SMILES string of the molecule is CC(C)CCCCCCCCCCCCC1O[C@H]2O[C@@H](COC(=O)C(C)C(CCCCCCCCCCCCC(C)C)O[C@@H]3O[C@H](COC(=O)C1C)[C@@H](O)[C@H](O)[C@H]3O)[C@H](O)[C@@H](O)[C@@H]2O. The number of ether oxygens (including phenoxy) is 6. The van der Waals surface area contributed by atoms with Gasteiger partial charge >= 0.3 is 11.9 Å². The van der Waals surface area contributed by atoms with Crippen LogP contribution in [-0.2, 0) is 38.0 Å². The largest absolute Gasteiger partial charge is 0.463 e. The summed E-state index contributed by atoms with van der Waals surface area (Å²) in [6.45, 7) is 11.3. The number of carbonyl (C=O) groups excluding carboxylic acids is 2. The van der Waals surface area contributed by atoms with Crippen LogP contribution in [0.2, 0.25) is 0 Å². The van der Waals surface area contributed by atoms with Crippen LogP contribution < -0.4 is 0 Å². The van der Waals surface area contributed by atoms with Gasteiger partial charge in [0.15, 0.2) is 12.6 Å². The van der Waals surface area contributed by atoms with Crippen molar-refractivity contribution in [3.63, 3.8) is 0 Å². The van der Waals surface area contributed by atoms with Crippen molar-refractivity contribution in [3.05, 3.63) is 0 Å². The molecule has 3 fully saturated rings. The Labute approximate surface area is 385 Å². The first-order chi connectivity index (χ1) is 30.6. The molecule has 3 aliphatic heterocycles. The molecule has 376 valence electrons. The fraction of sp³-hybridized carbons (Fsp3) is 0.960. The van der Waals surface area contributed by atoms with Crippen LogP contribution in [0.3, 0.4) is 0 Å². The van der Waals surface area contributed by atoms with Gasteiger partial charge in [0, 0.05) is 0 Å². The lowest BCUT2D eigenvalue weighted by atomic mass is 9.95. The summed E-state index contributed by atoms with van der Waals surface area (Å²) >= 11 is 0. The summed E-state index contributed by atoms with van der Waals surface area (Å²) in [7, 11) is 0. The van der Waals surface area contributed by atoms with E-state index in [0.29, 0.717) is 25.7 Å². The molecule has 0 amide bonds. The minimum atomic E-state index is -1.69. The summed E-state index contributed by atoms with van der Waals surface area (Å²) in [4.78, 5) is 27.3. The fourth-order valence-corrected chi connectivity index (χ4v) is 9.07. The van der Waals surface area contributed by atoms with Crippen molar-refractivity contribution in [1.82, 2.24) is 0 Å². The van der Waals surface area contributed by atoms with Gasteiger partial charge in [0.1, 0.15) is 62.0 Å². The molecule has 3 aliphatic rings. The molecule has 0 aromatic carbocycles. The van der Waals surface area contributed by atoms with Crippen molar-refractivity contribution in [2.75, 3.05) is 13.2 Å². The summed E-state index contributed by atoms with van der Waals surface area (Å²) in [6, 6.07) is 0. The Hall–Kier alpha value is -1.46. The molecule has 3 saturated heterocycles. The summed E-state index contributed by atoms with van der Waals surface area (Å²) < 4.78 is 35.7. The number of hydrogen-bond donors (Lipinski definition) is 6. The van der Waals surface area contributed by atoms with Crippen molar-refractivity contribution in [3.8, 4) is 0 Å². The van der Waals surface area contributed by atoms with E-state index in [4.69, 9.17) is 28.4 Å². The van der Waals surface area contributed by atoms with E-state index in [1.807, 2.05) is 0 Å². The lowest BCUT2D eigenvalue weighted by Gasteiger charge is -2.43. The van der Waals surface area contributed by atoms with Gasteiger partial charge in [-0.15, -0.1) is 0 Å². The maximum atomic E-state index is 13.6. The Morgan fingerprint density at radius 3 is 0.984 bits per heavy atom. The average molecular weight is 917 g/mol. The van der Waals surface area contributed by atoms with E-state index in [9.17, 15) is 40.2 Å². The lowest BCUT2D eigenvalue weighted by molar-refractivity contribution is -0.320. The lowest BCUT2D eigenvalue weighted by Crippen LogP contribution is -2.61. The molecule has 0 aliphatic carbocycles. The molecule has 6 N–H and O–H groups in total. The Balaban J connectivity index is 1.65. The van der Waals surface area contributed by atoms with Crippen LogP contribution >= 0.6 is 0 Å². The van der Waals surface area contributed by atoms with Crippen LogP contribution in [0.5, 0.6) is 0 Å². The third-order valence-corrected chi connectivity index (χ3v) is 13.6. The van der Waals surface area contributed by atoms with Crippen molar-refractivity contribution >= 4 is 11.9 Å². The topological polar surface area (TPSA) is 211 Å². The molecule has 0 radical (unpaired) electrons. The third kappa shape index (κ3) is 20.4. The van der Waals surface area contributed by atoms with Gasteiger partial charge in [0.2, 0.25) is 0 Å². The zero-order chi connectivity index (χ0) is 47.0. The summed E-state index contributed by atoms with van der Waals surface area (Å²) in [5.41, 5.74) is 0. The van der Waals surface area contributed by atoms with Gasteiger partial charge in [-0.1, -0.05) is 169 Å². The first-order valence-corrected chi connectivity index (χ1v) is 25.7. The Morgan fingerprint density at radius 2 is 0.688 bits per heavy atom. The van der Waals surface area contributed by atoms with Gasteiger partial charge in [0.05, 0.1) is 24.0 Å². The summed E-state index contributed by atoms with van der Waals surface area (Å²) in [6.07, 6.45) is 8.48. The van der Waals surface area contributed by atoms with Gasteiger partial charge in [0.25, 0.3) is 0 Å². The maximum absolute atomic E-state index is 13.6. The fourth-order valence-electron chi connectivity index (χ4n) is 9.07. The van der Waals surface area contributed by atoms with E-state index in [2.05, 4.69) is 27.7 Å². The van der Waals surface area contributed by atoms with Crippen molar-refractivity contribution < 1.29 is 68.6 Å². The van der Waals surface area contributed by atoms with Crippen LogP contribution in [0, 0.1) is 23.7 Å². The predicted molar refractivity (Wildman–Crippen MR) is 244 cm³/mol. The highest BCUT2D eigenvalue weighted by atomic mass is 16.7. The van der Waals surface area contributed by atoms with Crippen molar-refractivity contribution in [1.29, 1.82) is 0 Å². The molecular weight excluding hydrogens is 825 g/mol. The van der Waals surface area contributed by atoms with E-state index in [-0.39, 0.29) is 0 Å². The zero-order valence-corrected chi connectivity index (χ0v) is 40.6. The van der Waals surface area contributed by atoms with Crippen LogP contribution in [0.25, 0.3) is 0 Å². The van der Waals surface area contributed by atoms with E-state index >= 15 is 0 Å². The predicted octanol–water partition coefficient (Wildman–Crippen LogP) is 7.42. The first-order valence-electron chi connectivity index (χ1n) is 25.7. The Kier molecular flexibility index (Phi) is 28.0. The number of cyclic esters (lactones) is 2. The Bertz CT molecular complexity index is 1140. The third-order valence-electron chi connectivity index (χ3n) is 13.6. The molecule has 0 spiro atoms. The standard InChI is InChI=1S/C50H92O14/c1-33(2)27-23-19-15-11-7-9-13-17-21-25-29-37-35(5)47(57)59-31-40-42(52)44(54)46(56)50(64-40)62-38(30-26-22-18-14-10-8-12-16-20-24-28-34(3)4)36(6)48(58)60-32-39-41(51)43(53)45(55)49(61-37)63-39/h33-46,49-56H,7-32H2,1-6H3/t35?,36?,37?,38?,39-,40+,41-,42+,43+,44-,45-,46+,49-,50+. The van der Waals surface area contributed by atoms with Gasteiger partial charge in [-0.3, -0.25) is 9.59 Å². The van der Waals surface area contributed by atoms with Gasteiger partial charge in [-0.05, 0) is 38.5 Å². The quantitative estimate of drug-likeness (QED) is 0.0369. The molecule has 3 heterocycles. The molecule has 14 heteroatoms. The molecule has 4 bridgehead atoms. The molecule has 0 saturated carbocycles. The minimum absolute atomic E-state index is 0.387. The molecular formula is C50H92O14. The molecule has 14 atom stereocenters. The summed E-state index contributed by atoms with van der Waals surface area (Å²) in [5, 5.41) is 65.6. The van der Waals surface area contributed by atoms with Crippen LogP contribution in [-0.4, -0.2) is 129 Å². The molecule has 64 heavy (non-hydrogen) atoms. The number of aliphatic hydroxyl groups is 6. The van der Waals surface area contributed by atoms with Crippen LogP contribution in [0.15, 0.2) is 0 Å². The number of aliphatic hydroxyl groups excluding tert-OH is 6. The van der Waals surface area contributed by atoms with Crippen LogP contribution in [0.4, 0.5) is 0 Å². The second-order valence-corrected chi connectivity index (χ2v) is 20.2. The number of hydrogen-bond acceptors (Lipinski definition) is 14. The highest BCUT2D eigenvalue weighted by Gasteiger charge is 2.49. The average Bonchev–Trinajstić information content (AvgIpc) is 3.26. The van der Waals surface area contributed by atoms with Gasteiger partial charge < -0.3 is 59.1 Å². The smallest absolute Gasteiger partial charge is 0.311 e. The zero-order valence-electron chi connectivity index (χ0n) is 40.6. The van der Waals surface area contributed by atoms with Crippen LogP contribution in [0.1, 0.15) is 196 Å². The number of carbonyl (C=O) groups is 2. The second kappa shape index (κ2) is 31.6. The van der Waals surface area contributed by atoms with Gasteiger partial charge in [-0.2, -0.15) is 0 Å². The second-order valence-electron chi connectivity index (χ2n) is 20.2. The molecule has 0 aromatic heterocycles. The highest BCUT2D eigenvalue weighted by molar-refractivity contribution is 5.73. The Morgan fingerprint density at radius 1 is 0.406 bits per heavy atom. The van der Waals surface area contributed by atoms with Crippen molar-refractivity contribution in [2.24, 2.45) is 23.7 Å². The van der Waals surface area contributed by atoms with E-state index in [1.54, 1.807) is 13.8 Å². The number of fused-ring (bicyclic) bond motifs is 4. The molecule has 0 aromatic rings. The van der Waals surface area contributed by atoms with Gasteiger partial charge in [-0.25, -0.2) is 0 Å². The van der Waals surface area contributed by atoms with Crippen molar-refractivity contribution in [2.45, 2.75) is 269 Å². The first kappa shape index (κ1) is 56.9. The number of esters is 2. The molecule has 3 rings (SSSR count). The summed E-state index contributed by atoms with van der Waals surface area (Å²) in [5.74, 6) is -1.72. The number of rotatable bonds is 26. The molecule has 4 unspecified atom stereocenters. The highest BCUT2D eigenvalue weighted by Crippen LogP contribution is 2.31. The van der Waals surface area contributed by atoms with E-state index < -0.39 is 111 Å². The maximum Gasteiger partial charge on any atom is 0.311 e.